The number of aromatic carboxylic acids is 1. The van der Waals surface area contributed by atoms with E-state index in [2.05, 4.69) is 10.3 Å². The molecule has 0 radical (unpaired) electrons. The maximum Gasteiger partial charge on any atom is 0.335 e. The number of nitrogens with one attached hydrogen (secondary N) is 1. The molecule has 0 fully saturated rings. The van der Waals surface area contributed by atoms with Crippen molar-refractivity contribution < 1.29 is 9.90 Å². The smallest absolute Gasteiger partial charge is 0.335 e. The van der Waals surface area contributed by atoms with Gasteiger partial charge in [0.1, 0.15) is 0 Å². The van der Waals surface area contributed by atoms with E-state index < -0.39 is 5.97 Å². The lowest BCUT2D eigenvalue weighted by molar-refractivity contribution is 0.0697. The van der Waals surface area contributed by atoms with Crippen LogP contribution in [0.4, 0.5) is 16.5 Å². The Bertz CT molecular complexity index is 643. The Hall–Kier alpha value is -2.08. The van der Waals surface area contributed by atoms with E-state index in [0.717, 1.165) is 23.7 Å². The maximum atomic E-state index is 11.0. The van der Waals surface area contributed by atoms with Crippen LogP contribution < -0.4 is 11.1 Å². The van der Waals surface area contributed by atoms with Gasteiger partial charge in [-0.3, -0.25) is 0 Å². The first-order valence-electron chi connectivity index (χ1n) is 6.52. The molecule has 20 heavy (non-hydrogen) atoms. The van der Waals surface area contributed by atoms with Gasteiger partial charge in [0.25, 0.3) is 0 Å². The molecule has 0 bridgehead atoms. The van der Waals surface area contributed by atoms with Crippen molar-refractivity contribution in [3.05, 3.63) is 34.3 Å². The van der Waals surface area contributed by atoms with E-state index in [-0.39, 0.29) is 5.56 Å². The minimum atomic E-state index is -0.966. The number of thiazole rings is 1. The summed E-state index contributed by atoms with van der Waals surface area (Å²) in [5, 5.41) is 12.9. The van der Waals surface area contributed by atoms with Crippen molar-refractivity contribution in [2.24, 2.45) is 0 Å². The van der Waals surface area contributed by atoms with Gasteiger partial charge < -0.3 is 16.2 Å². The SMILES string of the molecule is Nc1ccc(C(=O)O)cc1Nc1nc2c(s1)CCCC2. The van der Waals surface area contributed by atoms with Gasteiger partial charge in [-0.05, 0) is 43.9 Å². The van der Waals surface area contributed by atoms with E-state index in [1.807, 2.05) is 0 Å². The van der Waals surface area contributed by atoms with Gasteiger partial charge in [0, 0.05) is 4.88 Å². The highest BCUT2D eigenvalue weighted by molar-refractivity contribution is 7.15. The number of benzene rings is 1. The summed E-state index contributed by atoms with van der Waals surface area (Å²) in [7, 11) is 0. The molecule has 6 heteroatoms. The molecule has 0 spiro atoms. The lowest BCUT2D eigenvalue weighted by Gasteiger charge is -2.07. The van der Waals surface area contributed by atoms with Crippen molar-refractivity contribution in [2.45, 2.75) is 25.7 Å². The molecule has 0 unspecified atom stereocenters. The first-order valence-corrected chi connectivity index (χ1v) is 7.33. The molecule has 1 heterocycles. The van der Waals surface area contributed by atoms with Crippen molar-refractivity contribution in [3.8, 4) is 0 Å². The Balaban J connectivity index is 1.88. The molecule has 4 N–H and O–H groups in total. The number of carboxylic acids is 1. The number of aryl methyl sites for hydroxylation is 2. The van der Waals surface area contributed by atoms with Gasteiger partial charge in [-0.1, -0.05) is 0 Å². The molecular formula is C14H15N3O2S. The number of nitrogen functional groups attached to an aromatic ring is 1. The van der Waals surface area contributed by atoms with Crippen LogP contribution in [-0.4, -0.2) is 16.1 Å². The van der Waals surface area contributed by atoms with Gasteiger partial charge in [-0.25, -0.2) is 9.78 Å². The molecule has 1 aliphatic rings. The highest BCUT2D eigenvalue weighted by Gasteiger charge is 2.16. The fourth-order valence-electron chi connectivity index (χ4n) is 2.32. The Morgan fingerprint density at radius 3 is 2.90 bits per heavy atom. The zero-order chi connectivity index (χ0) is 14.1. The minimum Gasteiger partial charge on any atom is -0.478 e. The van der Waals surface area contributed by atoms with Crippen molar-refractivity contribution in [2.75, 3.05) is 11.1 Å². The molecule has 2 aromatic rings. The van der Waals surface area contributed by atoms with E-state index in [1.54, 1.807) is 17.4 Å². The normalized spacial score (nSPS) is 13.8. The zero-order valence-electron chi connectivity index (χ0n) is 10.8. The van der Waals surface area contributed by atoms with Gasteiger partial charge in [-0.15, -0.1) is 11.3 Å². The van der Waals surface area contributed by atoms with Crippen LogP contribution in [0.2, 0.25) is 0 Å². The quantitative estimate of drug-likeness (QED) is 0.756. The maximum absolute atomic E-state index is 11.0. The van der Waals surface area contributed by atoms with Crippen LogP contribution in [0.5, 0.6) is 0 Å². The molecule has 0 aliphatic heterocycles. The fraction of sp³-hybridized carbons (Fsp3) is 0.286. The van der Waals surface area contributed by atoms with Gasteiger partial charge in [0.2, 0.25) is 0 Å². The Morgan fingerprint density at radius 2 is 2.15 bits per heavy atom. The van der Waals surface area contributed by atoms with E-state index in [0.29, 0.717) is 11.4 Å². The van der Waals surface area contributed by atoms with Crippen LogP contribution in [0.25, 0.3) is 0 Å². The van der Waals surface area contributed by atoms with Gasteiger partial charge in [-0.2, -0.15) is 0 Å². The van der Waals surface area contributed by atoms with E-state index in [4.69, 9.17) is 10.8 Å². The predicted molar refractivity (Wildman–Crippen MR) is 79.9 cm³/mol. The second kappa shape index (κ2) is 5.13. The summed E-state index contributed by atoms with van der Waals surface area (Å²) in [6.45, 7) is 0. The minimum absolute atomic E-state index is 0.211. The highest BCUT2D eigenvalue weighted by Crippen LogP contribution is 2.32. The van der Waals surface area contributed by atoms with Crippen LogP contribution >= 0.6 is 11.3 Å². The fourth-order valence-corrected chi connectivity index (χ4v) is 3.38. The third-order valence-electron chi connectivity index (χ3n) is 3.39. The number of hydrogen-bond acceptors (Lipinski definition) is 5. The first-order chi connectivity index (χ1) is 9.63. The van der Waals surface area contributed by atoms with Crippen molar-refractivity contribution in [3.63, 3.8) is 0 Å². The zero-order valence-corrected chi connectivity index (χ0v) is 11.7. The summed E-state index contributed by atoms with van der Waals surface area (Å²) < 4.78 is 0. The molecule has 3 rings (SSSR count). The van der Waals surface area contributed by atoms with Crippen LogP contribution in [0, 0.1) is 0 Å². The van der Waals surface area contributed by atoms with Crippen molar-refractivity contribution in [1.29, 1.82) is 0 Å². The molecule has 0 atom stereocenters. The third kappa shape index (κ3) is 2.46. The van der Waals surface area contributed by atoms with Crippen LogP contribution in [-0.2, 0) is 12.8 Å². The van der Waals surface area contributed by atoms with E-state index in [9.17, 15) is 4.79 Å². The van der Waals surface area contributed by atoms with Crippen LogP contribution in [0.3, 0.4) is 0 Å². The second-order valence-electron chi connectivity index (χ2n) is 4.83. The number of carboxylic acid groups (broad SMARTS) is 1. The van der Waals surface area contributed by atoms with Crippen molar-refractivity contribution >= 4 is 33.8 Å². The predicted octanol–water partition coefficient (Wildman–Crippen LogP) is 3.05. The first kappa shape index (κ1) is 12.9. The molecule has 0 saturated heterocycles. The average molecular weight is 289 g/mol. The summed E-state index contributed by atoms with van der Waals surface area (Å²) in [6, 6.07) is 4.63. The number of hydrogen-bond donors (Lipinski definition) is 3. The molecule has 1 aromatic carbocycles. The second-order valence-corrected chi connectivity index (χ2v) is 5.91. The Kier molecular flexibility index (Phi) is 3.31. The van der Waals surface area contributed by atoms with E-state index in [1.165, 1.54) is 29.9 Å². The molecular weight excluding hydrogens is 274 g/mol. The molecule has 1 aromatic heterocycles. The Morgan fingerprint density at radius 1 is 1.35 bits per heavy atom. The average Bonchev–Trinajstić information content (AvgIpc) is 2.83. The molecule has 5 nitrogen and oxygen atoms in total. The summed E-state index contributed by atoms with van der Waals surface area (Å²) in [5.41, 5.74) is 8.37. The van der Waals surface area contributed by atoms with E-state index >= 15 is 0 Å². The molecule has 1 aliphatic carbocycles. The standard InChI is InChI=1S/C14H15N3O2S/c15-9-6-5-8(13(18)19)7-11(9)17-14-16-10-3-1-2-4-12(10)20-14/h5-7H,1-4,15H2,(H,16,17)(H,18,19). The summed E-state index contributed by atoms with van der Waals surface area (Å²) in [4.78, 5) is 16.9. The number of fused-ring (bicyclic) bond motifs is 1. The topological polar surface area (TPSA) is 88.2 Å². The monoisotopic (exact) mass is 289 g/mol. The van der Waals surface area contributed by atoms with Crippen LogP contribution in [0.1, 0.15) is 33.8 Å². The Labute approximate surface area is 120 Å². The number of aromatic nitrogens is 1. The molecule has 104 valence electrons. The summed E-state index contributed by atoms with van der Waals surface area (Å²) in [5.74, 6) is -0.966. The van der Waals surface area contributed by atoms with Gasteiger partial charge >= 0.3 is 5.97 Å². The highest BCUT2D eigenvalue weighted by atomic mass is 32.1. The number of anilines is 3. The number of nitrogens with two attached hydrogens (primary N) is 1. The summed E-state index contributed by atoms with van der Waals surface area (Å²) >= 11 is 1.63. The molecule has 0 amide bonds. The number of rotatable bonds is 3. The number of nitrogens with zero attached hydrogens (tertiary/aromatic N) is 1. The van der Waals surface area contributed by atoms with Gasteiger partial charge in [0.05, 0.1) is 22.6 Å². The summed E-state index contributed by atoms with van der Waals surface area (Å²) in [6.07, 6.45) is 4.51. The number of carbonyl (C=O) groups is 1. The third-order valence-corrected chi connectivity index (χ3v) is 4.46. The lowest BCUT2D eigenvalue weighted by atomic mass is 10.0. The lowest BCUT2D eigenvalue weighted by Crippen LogP contribution is -2.01. The molecule has 0 saturated carbocycles. The van der Waals surface area contributed by atoms with Gasteiger partial charge in [0.15, 0.2) is 5.13 Å². The van der Waals surface area contributed by atoms with Crippen molar-refractivity contribution in [1.82, 2.24) is 4.98 Å². The van der Waals surface area contributed by atoms with Crippen LogP contribution in [0.15, 0.2) is 18.2 Å². The largest absolute Gasteiger partial charge is 0.478 e.